The molecule has 0 amide bonds. The van der Waals surface area contributed by atoms with Crippen molar-refractivity contribution in [3.63, 3.8) is 0 Å². The minimum absolute atomic E-state index is 0.349. The lowest BCUT2D eigenvalue weighted by Gasteiger charge is -2.35. The third-order valence-electron chi connectivity index (χ3n) is 5.41. The Balaban J connectivity index is 1.92. The average molecular weight is 588 g/mol. The van der Waals surface area contributed by atoms with Crippen LogP contribution in [-0.4, -0.2) is 68.6 Å². The van der Waals surface area contributed by atoms with Crippen LogP contribution in [0.4, 0.5) is 0 Å². The minimum Gasteiger partial charge on any atom is -0.462 e. The molecule has 0 saturated carbocycles. The molecule has 4 N–H and O–H groups in total. The molecule has 1 aromatic heterocycles. The summed E-state index contributed by atoms with van der Waals surface area (Å²) in [6.07, 6.45) is -4.59. The number of nitrogens with zero attached hydrogens (tertiary/aromatic N) is 1. The largest absolute Gasteiger partial charge is 0.462 e. The first kappa shape index (κ1) is 31.1. The molecule has 2 heterocycles. The highest BCUT2D eigenvalue weighted by molar-refractivity contribution is 8.09. The van der Waals surface area contributed by atoms with Gasteiger partial charge in [0.25, 0.3) is 5.56 Å². The number of ether oxygens (including phenoxy) is 3. The SMILES string of the molecule is CC(C)OC(=O)[C@@H](C)NP(=S)(OC[C@@]1(OC(C)C)O[C@@H](n2ccc(=O)[nH]c2=O)[C@H](O)[C@@H]1O)Oc1ccccc1. The van der Waals surface area contributed by atoms with E-state index >= 15 is 0 Å². The van der Waals surface area contributed by atoms with Gasteiger partial charge in [0.1, 0.15) is 30.6 Å². The number of hydrogen-bond donors (Lipinski definition) is 4. The Labute approximate surface area is 230 Å². The maximum atomic E-state index is 12.5. The maximum Gasteiger partial charge on any atom is 0.330 e. The smallest absolute Gasteiger partial charge is 0.330 e. The number of aromatic nitrogens is 2. The van der Waals surface area contributed by atoms with E-state index in [2.05, 4.69) is 10.1 Å². The minimum atomic E-state index is -3.57. The molecular weight excluding hydrogens is 553 g/mol. The molecule has 1 fully saturated rings. The molecule has 13 nitrogen and oxygen atoms in total. The summed E-state index contributed by atoms with van der Waals surface area (Å²) in [6, 6.07) is 8.65. The zero-order valence-corrected chi connectivity index (χ0v) is 23.9. The lowest BCUT2D eigenvalue weighted by atomic mass is 10.1. The number of para-hydroxylation sites is 1. The molecule has 0 aliphatic carbocycles. The molecule has 6 atom stereocenters. The molecular formula is C24H34N3O10PS. The number of hydrogen-bond acceptors (Lipinski definition) is 11. The van der Waals surface area contributed by atoms with E-state index in [1.165, 1.54) is 6.92 Å². The van der Waals surface area contributed by atoms with E-state index in [1.54, 1.807) is 58.0 Å². The van der Waals surface area contributed by atoms with Crippen molar-refractivity contribution < 1.29 is 38.3 Å². The number of aromatic amines is 1. The number of H-pyrrole nitrogens is 1. The van der Waals surface area contributed by atoms with Crippen molar-refractivity contribution in [3.05, 3.63) is 63.4 Å². The van der Waals surface area contributed by atoms with Gasteiger partial charge in [-0.3, -0.25) is 19.1 Å². The molecule has 39 heavy (non-hydrogen) atoms. The van der Waals surface area contributed by atoms with Crippen molar-refractivity contribution in [1.29, 1.82) is 0 Å². The van der Waals surface area contributed by atoms with Crippen molar-refractivity contribution in [3.8, 4) is 5.75 Å². The molecule has 3 rings (SSSR count). The van der Waals surface area contributed by atoms with Crippen LogP contribution in [0.2, 0.25) is 0 Å². The highest BCUT2D eigenvalue weighted by Crippen LogP contribution is 2.48. The van der Waals surface area contributed by atoms with Crippen molar-refractivity contribution in [1.82, 2.24) is 14.6 Å². The van der Waals surface area contributed by atoms with Gasteiger partial charge in [0.05, 0.1) is 12.2 Å². The normalized spacial score (nSPS) is 25.4. The van der Waals surface area contributed by atoms with E-state index in [-0.39, 0.29) is 6.10 Å². The number of carbonyl (C=O) groups excluding carboxylic acids is 1. The van der Waals surface area contributed by atoms with Crippen LogP contribution >= 0.6 is 6.64 Å². The molecule has 1 aliphatic rings. The van der Waals surface area contributed by atoms with Crippen LogP contribution in [0.15, 0.2) is 52.2 Å². The van der Waals surface area contributed by atoms with Crippen LogP contribution in [-0.2, 0) is 35.3 Å². The number of carbonyl (C=O) groups is 1. The summed E-state index contributed by atoms with van der Waals surface area (Å²) in [4.78, 5) is 38.4. The summed E-state index contributed by atoms with van der Waals surface area (Å²) in [5.74, 6) is -2.25. The number of nitrogens with one attached hydrogen (secondary N) is 2. The fourth-order valence-corrected chi connectivity index (χ4v) is 6.17. The lowest BCUT2D eigenvalue weighted by Crippen LogP contribution is -2.51. The Bertz CT molecular complexity index is 1290. The van der Waals surface area contributed by atoms with Crippen LogP contribution in [0.3, 0.4) is 0 Å². The first-order chi connectivity index (χ1) is 18.2. The van der Waals surface area contributed by atoms with E-state index in [0.717, 1.165) is 16.8 Å². The van der Waals surface area contributed by atoms with Gasteiger partial charge in [-0.25, -0.2) is 9.88 Å². The van der Waals surface area contributed by atoms with Gasteiger partial charge < -0.3 is 33.5 Å². The summed E-state index contributed by atoms with van der Waals surface area (Å²) in [7, 11) is 0. The molecule has 15 heteroatoms. The standard InChI is InChI=1S/C24H34N3O10PS/c1-14(2)34-22(31)16(5)26-38(39,37-17-9-7-6-8-10-17)33-13-24(35-15(3)4)20(30)19(29)21(36-24)27-12-11-18(28)25-23(27)32/h6-12,14-16,19-21,29-30H,13H2,1-5H3,(H,26,39)(H,25,28,32)/t16-,19-,20+,21-,24-,38?/m1/s1. The zero-order valence-electron chi connectivity index (χ0n) is 22.2. The van der Waals surface area contributed by atoms with Gasteiger partial charge in [0.2, 0.25) is 5.79 Å². The Morgan fingerprint density at radius 3 is 2.41 bits per heavy atom. The second kappa shape index (κ2) is 12.8. The van der Waals surface area contributed by atoms with E-state index < -0.39 is 66.8 Å². The first-order valence-corrected chi connectivity index (χ1v) is 14.9. The van der Waals surface area contributed by atoms with Gasteiger partial charge in [0.15, 0.2) is 6.23 Å². The molecule has 0 spiro atoms. The zero-order chi connectivity index (χ0) is 29.0. The maximum absolute atomic E-state index is 12.5. The monoisotopic (exact) mass is 587 g/mol. The van der Waals surface area contributed by atoms with E-state index in [0.29, 0.717) is 5.75 Å². The van der Waals surface area contributed by atoms with Gasteiger partial charge >= 0.3 is 18.3 Å². The molecule has 0 radical (unpaired) electrons. The highest BCUT2D eigenvalue weighted by atomic mass is 32.5. The Morgan fingerprint density at radius 2 is 1.82 bits per heavy atom. The third kappa shape index (κ3) is 7.83. The molecule has 1 aliphatic heterocycles. The molecule has 1 unspecified atom stereocenters. The topological polar surface area (TPSA) is 171 Å². The van der Waals surface area contributed by atoms with Crippen LogP contribution in [0.1, 0.15) is 40.8 Å². The number of esters is 1. The Morgan fingerprint density at radius 1 is 1.15 bits per heavy atom. The summed E-state index contributed by atoms with van der Waals surface area (Å²) >= 11 is 5.71. The number of aliphatic hydroxyl groups is 2. The van der Waals surface area contributed by atoms with Gasteiger partial charge in [-0.1, -0.05) is 18.2 Å². The Hall–Kier alpha value is -2.42. The quantitative estimate of drug-likeness (QED) is 0.207. The average Bonchev–Trinajstić information content (AvgIpc) is 3.08. The van der Waals surface area contributed by atoms with Crippen LogP contribution in [0.5, 0.6) is 5.75 Å². The van der Waals surface area contributed by atoms with Gasteiger partial charge in [-0.15, -0.1) is 0 Å². The van der Waals surface area contributed by atoms with E-state index in [4.69, 9.17) is 35.1 Å². The number of aliphatic hydroxyl groups excluding tert-OH is 2. The first-order valence-electron chi connectivity index (χ1n) is 12.3. The van der Waals surface area contributed by atoms with Gasteiger partial charge in [-0.05, 0) is 58.6 Å². The lowest BCUT2D eigenvalue weighted by molar-refractivity contribution is -0.291. The van der Waals surface area contributed by atoms with Crippen molar-refractivity contribution in [2.24, 2.45) is 0 Å². The fourth-order valence-electron chi connectivity index (χ4n) is 3.77. The van der Waals surface area contributed by atoms with Gasteiger partial charge in [0, 0.05) is 12.3 Å². The number of benzene rings is 1. The van der Waals surface area contributed by atoms with E-state index in [1.807, 2.05) is 0 Å². The van der Waals surface area contributed by atoms with Crippen LogP contribution in [0, 0.1) is 0 Å². The third-order valence-corrected chi connectivity index (χ3v) is 7.89. The van der Waals surface area contributed by atoms with Crippen molar-refractivity contribution >= 4 is 24.4 Å². The highest BCUT2D eigenvalue weighted by Gasteiger charge is 2.58. The van der Waals surface area contributed by atoms with Crippen molar-refractivity contribution in [2.75, 3.05) is 6.61 Å². The molecule has 1 saturated heterocycles. The fraction of sp³-hybridized carbons (Fsp3) is 0.542. The molecule has 0 bridgehead atoms. The summed E-state index contributed by atoms with van der Waals surface area (Å²) in [5, 5.41) is 24.8. The molecule has 2 aromatic rings. The summed E-state index contributed by atoms with van der Waals surface area (Å²) in [5.41, 5.74) is -1.51. The van der Waals surface area contributed by atoms with Crippen LogP contribution < -0.4 is 20.9 Å². The predicted molar refractivity (Wildman–Crippen MR) is 144 cm³/mol. The second-order valence-corrected chi connectivity index (χ2v) is 12.6. The second-order valence-electron chi connectivity index (χ2n) is 9.45. The summed E-state index contributed by atoms with van der Waals surface area (Å²) in [6.45, 7) is 4.15. The predicted octanol–water partition coefficient (Wildman–Crippen LogP) is 1.16. The molecule has 1 aromatic carbocycles. The van der Waals surface area contributed by atoms with Crippen molar-refractivity contribution in [2.45, 2.75) is 77.1 Å². The summed E-state index contributed by atoms with van der Waals surface area (Å²) < 4.78 is 30.0. The van der Waals surface area contributed by atoms with Gasteiger partial charge in [-0.2, -0.15) is 0 Å². The van der Waals surface area contributed by atoms with E-state index in [9.17, 15) is 24.6 Å². The molecule has 216 valence electrons. The van der Waals surface area contributed by atoms with Crippen LogP contribution in [0.25, 0.3) is 0 Å². The number of rotatable bonds is 12. The Kier molecular flexibility index (Phi) is 10.2.